The van der Waals surface area contributed by atoms with E-state index in [4.69, 9.17) is 37.9 Å². The summed E-state index contributed by atoms with van der Waals surface area (Å²) in [5.74, 6) is -0.191. The second kappa shape index (κ2) is 9.86. The lowest BCUT2D eigenvalue weighted by molar-refractivity contribution is -0.144. The first-order chi connectivity index (χ1) is 13.0. The number of carbonyl (C=O) groups excluding carboxylic acids is 1. The zero-order valence-corrected chi connectivity index (χ0v) is 16.2. The largest absolute Gasteiger partial charge is 0.488 e. The van der Waals surface area contributed by atoms with Gasteiger partial charge in [-0.05, 0) is 43.3 Å². The van der Waals surface area contributed by atoms with Crippen LogP contribution in [0.1, 0.15) is 24.1 Å². The molecule has 0 saturated heterocycles. The lowest BCUT2D eigenvalue weighted by atomic mass is 10.0. The van der Waals surface area contributed by atoms with Crippen LogP contribution in [0.2, 0.25) is 10.0 Å². The third-order valence-corrected chi connectivity index (χ3v) is 4.04. The van der Waals surface area contributed by atoms with E-state index in [1.807, 2.05) is 6.07 Å². The number of ether oxygens (including phenoxy) is 2. The van der Waals surface area contributed by atoms with Gasteiger partial charge in [-0.25, -0.2) is 4.79 Å². The molecule has 1 N–H and O–H groups in total. The highest BCUT2D eigenvalue weighted by Gasteiger charge is 2.27. The summed E-state index contributed by atoms with van der Waals surface area (Å²) in [4.78, 5) is 12.6. The molecule has 0 aliphatic carbocycles. The highest BCUT2D eigenvalue weighted by atomic mass is 35.5. The summed E-state index contributed by atoms with van der Waals surface area (Å²) >= 11 is 12.4. The third kappa shape index (κ3) is 5.40. The van der Waals surface area contributed by atoms with Crippen molar-refractivity contribution in [3.63, 3.8) is 0 Å². The lowest BCUT2D eigenvalue weighted by Crippen LogP contribution is -2.24. The van der Waals surface area contributed by atoms with Crippen LogP contribution in [-0.4, -0.2) is 19.2 Å². The van der Waals surface area contributed by atoms with Crippen molar-refractivity contribution in [2.45, 2.75) is 13.0 Å². The van der Waals surface area contributed by atoms with Crippen LogP contribution in [0.5, 0.6) is 5.75 Å². The highest BCUT2D eigenvalue weighted by molar-refractivity contribution is 6.35. The molecule has 0 amide bonds. The Bertz CT molecular complexity index is 861. The van der Waals surface area contributed by atoms with E-state index in [0.717, 1.165) is 0 Å². The number of nitrogens with zero attached hydrogens (tertiary/aromatic N) is 1. The normalized spacial score (nSPS) is 11.2. The van der Waals surface area contributed by atoms with Crippen molar-refractivity contribution in [3.8, 4) is 11.8 Å². The number of rotatable bonds is 8. The number of anilines is 1. The molecule has 1 atom stereocenters. The van der Waals surface area contributed by atoms with Crippen LogP contribution in [-0.2, 0) is 9.53 Å². The Morgan fingerprint density at radius 2 is 2.04 bits per heavy atom. The molecule has 7 heteroatoms. The van der Waals surface area contributed by atoms with Crippen molar-refractivity contribution in [1.82, 2.24) is 0 Å². The minimum atomic E-state index is -0.908. The van der Waals surface area contributed by atoms with Crippen molar-refractivity contribution >= 4 is 34.9 Å². The SMILES string of the molecule is C=CCOc1c(Cl)cc(Cl)cc1C(Nc1ccc(C#N)cc1)C(=O)OCC. The van der Waals surface area contributed by atoms with Crippen LogP contribution in [0.15, 0.2) is 49.1 Å². The standard InChI is InChI=1S/C20H18Cl2N2O3/c1-3-9-27-19-16(10-14(21)11-17(19)22)18(20(25)26-4-2)24-15-7-5-13(12-23)6-8-15/h3,5-8,10-11,18,24H,1,4,9H2,2H3. The fourth-order valence-electron chi connectivity index (χ4n) is 2.39. The van der Waals surface area contributed by atoms with Gasteiger partial charge in [0.2, 0.25) is 0 Å². The van der Waals surface area contributed by atoms with Gasteiger partial charge in [0.25, 0.3) is 0 Å². The van der Waals surface area contributed by atoms with Crippen LogP contribution in [0, 0.1) is 11.3 Å². The third-order valence-electron chi connectivity index (χ3n) is 3.54. The van der Waals surface area contributed by atoms with E-state index >= 15 is 0 Å². The van der Waals surface area contributed by atoms with Crippen LogP contribution in [0.3, 0.4) is 0 Å². The molecule has 27 heavy (non-hydrogen) atoms. The summed E-state index contributed by atoms with van der Waals surface area (Å²) < 4.78 is 10.9. The highest BCUT2D eigenvalue weighted by Crippen LogP contribution is 2.38. The maximum atomic E-state index is 12.6. The molecule has 0 spiro atoms. The quantitative estimate of drug-likeness (QED) is 0.486. The van der Waals surface area contributed by atoms with Gasteiger partial charge in [0.1, 0.15) is 12.4 Å². The van der Waals surface area contributed by atoms with E-state index < -0.39 is 12.0 Å². The van der Waals surface area contributed by atoms with Crippen molar-refractivity contribution in [3.05, 3.63) is 70.2 Å². The Kier molecular flexibility index (Phi) is 7.54. The second-order valence-electron chi connectivity index (χ2n) is 5.42. The zero-order chi connectivity index (χ0) is 19.8. The summed E-state index contributed by atoms with van der Waals surface area (Å²) in [7, 11) is 0. The first-order valence-electron chi connectivity index (χ1n) is 8.16. The molecule has 0 aliphatic rings. The first kappa shape index (κ1) is 20.6. The van der Waals surface area contributed by atoms with E-state index in [-0.39, 0.29) is 18.2 Å². The number of halogens is 2. The van der Waals surface area contributed by atoms with Gasteiger partial charge < -0.3 is 14.8 Å². The number of hydrogen-bond donors (Lipinski definition) is 1. The summed E-state index contributed by atoms with van der Waals surface area (Å²) in [6.07, 6.45) is 1.57. The number of benzene rings is 2. The van der Waals surface area contributed by atoms with E-state index in [2.05, 4.69) is 11.9 Å². The van der Waals surface area contributed by atoms with Crippen molar-refractivity contribution in [2.24, 2.45) is 0 Å². The molecule has 1 unspecified atom stereocenters. The summed E-state index contributed by atoms with van der Waals surface area (Å²) in [5.41, 5.74) is 1.57. The maximum absolute atomic E-state index is 12.6. The number of nitrogens with one attached hydrogen (secondary N) is 1. The summed E-state index contributed by atoms with van der Waals surface area (Å²) in [6.45, 7) is 5.76. The molecule has 2 aromatic carbocycles. The first-order valence-corrected chi connectivity index (χ1v) is 8.91. The Hall–Kier alpha value is -2.68. The van der Waals surface area contributed by atoms with Crippen LogP contribution in [0.4, 0.5) is 5.69 Å². The average Bonchev–Trinajstić information content (AvgIpc) is 2.65. The van der Waals surface area contributed by atoms with Crippen LogP contribution >= 0.6 is 23.2 Å². The van der Waals surface area contributed by atoms with Crippen molar-refractivity contribution in [1.29, 1.82) is 5.26 Å². The molecule has 0 saturated carbocycles. The molecule has 0 radical (unpaired) electrons. The van der Waals surface area contributed by atoms with Gasteiger partial charge in [0.05, 0.1) is 23.3 Å². The topological polar surface area (TPSA) is 71.3 Å². The fourth-order valence-corrected chi connectivity index (χ4v) is 2.95. The molecule has 0 fully saturated rings. The average molecular weight is 405 g/mol. The predicted octanol–water partition coefficient (Wildman–Crippen LogP) is 5.15. The van der Waals surface area contributed by atoms with Gasteiger partial charge in [-0.1, -0.05) is 35.9 Å². The van der Waals surface area contributed by atoms with Crippen LogP contribution in [0.25, 0.3) is 0 Å². The molecular formula is C20H18Cl2N2O3. The van der Waals surface area contributed by atoms with E-state index in [9.17, 15) is 4.79 Å². The number of carbonyl (C=O) groups is 1. The lowest BCUT2D eigenvalue weighted by Gasteiger charge is -2.22. The molecule has 0 heterocycles. The molecule has 2 rings (SSSR count). The van der Waals surface area contributed by atoms with Gasteiger partial charge in [-0.2, -0.15) is 5.26 Å². The number of hydrogen-bond acceptors (Lipinski definition) is 5. The molecule has 2 aromatic rings. The maximum Gasteiger partial charge on any atom is 0.333 e. The molecular weight excluding hydrogens is 387 g/mol. The monoisotopic (exact) mass is 404 g/mol. The Balaban J connectivity index is 2.48. The predicted molar refractivity (Wildman–Crippen MR) is 106 cm³/mol. The van der Waals surface area contributed by atoms with Crippen molar-refractivity contribution in [2.75, 3.05) is 18.5 Å². The number of esters is 1. The Morgan fingerprint density at radius 1 is 1.33 bits per heavy atom. The molecule has 140 valence electrons. The van der Waals surface area contributed by atoms with Gasteiger partial charge >= 0.3 is 5.97 Å². The van der Waals surface area contributed by atoms with E-state index in [0.29, 0.717) is 27.6 Å². The van der Waals surface area contributed by atoms with Gasteiger partial charge in [-0.15, -0.1) is 0 Å². The van der Waals surface area contributed by atoms with E-state index in [1.165, 1.54) is 6.07 Å². The van der Waals surface area contributed by atoms with Crippen LogP contribution < -0.4 is 10.1 Å². The smallest absolute Gasteiger partial charge is 0.333 e. The fraction of sp³-hybridized carbons (Fsp3) is 0.200. The van der Waals surface area contributed by atoms with Crippen molar-refractivity contribution < 1.29 is 14.3 Å². The van der Waals surface area contributed by atoms with Gasteiger partial charge in [-0.3, -0.25) is 0 Å². The summed E-state index contributed by atoms with van der Waals surface area (Å²) in [6, 6.07) is 11.0. The minimum Gasteiger partial charge on any atom is -0.488 e. The Labute approximate surface area is 168 Å². The Morgan fingerprint density at radius 3 is 2.63 bits per heavy atom. The molecule has 0 aliphatic heterocycles. The zero-order valence-electron chi connectivity index (χ0n) is 14.7. The number of nitriles is 1. The molecule has 0 aromatic heterocycles. The van der Waals surface area contributed by atoms with Gasteiger partial charge in [0, 0.05) is 16.3 Å². The van der Waals surface area contributed by atoms with E-state index in [1.54, 1.807) is 43.3 Å². The minimum absolute atomic E-state index is 0.209. The van der Waals surface area contributed by atoms with Gasteiger partial charge in [0.15, 0.2) is 6.04 Å². The molecule has 0 bridgehead atoms. The summed E-state index contributed by atoms with van der Waals surface area (Å²) in [5, 5.41) is 12.7. The second-order valence-corrected chi connectivity index (χ2v) is 6.27. The molecule has 5 nitrogen and oxygen atoms in total.